The number of carbonyl (C=O) groups excluding carboxylic acids is 1. The Morgan fingerprint density at radius 2 is 1.15 bits per heavy atom. The molecule has 0 radical (unpaired) electrons. The third-order valence-corrected chi connectivity index (χ3v) is 8.30. The predicted molar refractivity (Wildman–Crippen MR) is 217 cm³/mol. The van der Waals surface area contributed by atoms with E-state index in [4.69, 9.17) is 34.8 Å². The summed E-state index contributed by atoms with van der Waals surface area (Å²) in [6.07, 6.45) is -0.623. The number of rotatable bonds is 3. The summed E-state index contributed by atoms with van der Waals surface area (Å²) in [6.45, 7) is 7.26. The fourth-order valence-corrected chi connectivity index (χ4v) is 5.30. The summed E-state index contributed by atoms with van der Waals surface area (Å²) in [7, 11) is 0. The van der Waals surface area contributed by atoms with E-state index < -0.39 is 11.7 Å². The Labute approximate surface area is 334 Å². The SMILES string of the molecule is CC(=O)c1cccc(C#Cc2cccc(C)n2)c1.Cc1cccc(C#Cc2cccc(C(F)(F)F)c2)n1.Cc1cccc(C=Cc2cc(Cl)cc(Cl)c2Cl)n1. The van der Waals surface area contributed by atoms with Gasteiger partial charge in [-0.05, 0) is 130 Å². The molecule has 0 aliphatic heterocycles. The summed E-state index contributed by atoms with van der Waals surface area (Å²) in [5.74, 6) is 11.5. The average molecular weight is 795 g/mol. The molecule has 0 saturated heterocycles. The molecule has 0 saturated carbocycles. The van der Waals surface area contributed by atoms with E-state index >= 15 is 0 Å². The third-order valence-electron chi connectivity index (χ3n) is 7.27. The van der Waals surface area contributed by atoms with Crippen molar-refractivity contribution in [2.45, 2.75) is 33.9 Å². The Bertz CT molecular complexity index is 2460. The first-order valence-corrected chi connectivity index (χ1v) is 17.8. The molecule has 0 unspecified atom stereocenters. The number of carbonyl (C=O) groups is 1. The minimum Gasteiger partial charge on any atom is -0.295 e. The van der Waals surface area contributed by atoms with E-state index in [2.05, 4.69) is 38.6 Å². The molecule has 276 valence electrons. The van der Waals surface area contributed by atoms with Gasteiger partial charge in [-0.25, -0.2) is 9.97 Å². The van der Waals surface area contributed by atoms with Crippen molar-refractivity contribution in [3.05, 3.63) is 192 Å². The maximum Gasteiger partial charge on any atom is 0.416 e. The normalized spacial score (nSPS) is 10.4. The van der Waals surface area contributed by atoms with Crippen molar-refractivity contribution in [2.24, 2.45) is 0 Å². The highest BCUT2D eigenvalue weighted by molar-refractivity contribution is 6.44. The zero-order valence-corrected chi connectivity index (χ0v) is 32.4. The minimum absolute atomic E-state index is 0.0485. The van der Waals surface area contributed by atoms with Crippen molar-refractivity contribution in [1.29, 1.82) is 0 Å². The molecule has 0 N–H and O–H groups in total. The highest BCUT2D eigenvalue weighted by atomic mass is 35.5. The number of ketones is 1. The van der Waals surface area contributed by atoms with Gasteiger partial charge in [-0.3, -0.25) is 9.78 Å². The third kappa shape index (κ3) is 14.2. The van der Waals surface area contributed by atoms with Crippen LogP contribution in [0.3, 0.4) is 0 Å². The van der Waals surface area contributed by atoms with Gasteiger partial charge in [0.15, 0.2) is 5.78 Å². The first-order valence-electron chi connectivity index (χ1n) is 16.6. The highest BCUT2D eigenvalue weighted by Crippen LogP contribution is 2.31. The summed E-state index contributed by atoms with van der Waals surface area (Å²) >= 11 is 18.0. The minimum atomic E-state index is -4.35. The number of nitrogens with zero attached hydrogens (tertiary/aromatic N) is 3. The summed E-state index contributed by atoms with van der Waals surface area (Å²) in [5, 5.41) is 1.49. The highest BCUT2D eigenvalue weighted by Gasteiger charge is 2.30. The van der Waals surface area contributed by atoms with Crippen LogP contribution in [-0.2, 0) is 6.18 Å². The zero-order chi connectivity index (χ0) is 40.0. The zero-order valence-electron chi connectivity index (χ0n) is 30.1. The van der Waals surface area contributed by atoms with Crippen LogP contribution in [-0.4, -0.2) is 20.7 Å². The van der Waals surface area contributed by atoms with Gasteiger partial charge in [0.05, 0.1) is 21.3 Å². The Hall–Kier alpha value is -5.70. The molecule has 0 spiro atoms. The van der Waals surface area contributed by atoms with E-state index in [1.54, 1.807) is 43.3 Å². The number of hydrogen-bond acceptors (Lipinski definition) is 4. The van der Waals surface area contributed by atoms with Gasteiger partial charge in [0.2, 0.25) is 0 Å². The van der Waals surface area contributed by atoms with Gasteiger partial charge in [-0.1, -0.05) is 89.1 Å². The van der Waals surface area contributed by atoms with Gasteiger partial charge in [-0.15, -0.1) is 0 Å². The average Bonchev–Trinajstić information content (AvgIpc) is 3.14. The number of aryl methyl sites for hydroxylation is 3. The van der Waals surface area contributed by atoms with E-state index in [1.165, 1.54) is 12.1 Å². The molecule has 0 amide bonds. The fourth-order valence-electron chi connectivity index (χ4n) is 4.62. The van der Waals surface area contributed by atoms with Crippen LogP contribution in [0.25, 0.3) is 12.2 Å². The molecule has 6 rings (SSSR count). The van der Waals surface area contributed by atoms with E-state index in [0.29, 0.717) is 31.9 Å². The van der Waals surface area contributed by atoms with Gasteiger partial charge < -0.3 is 0 Å². The molecule has 0 bridgehead atoms. The maximum absolute atomic E-state index is 12.5. The summed E-state index contributed by atoms with van der Waals surface area (Å²) < 4.78 is 37.6. The Morgan fingerprint density at radius 1 is 0.618 bits per heavy atom. The van der Waals surface area contributed by atoms with E-state index in [-0.39, 0.29) is 5.78 Å². The predicted octanol–water partition coefficient (Wildman–Crippen LogP) is 12.3. The van der Waals surface area contributed by atoms with Gasteiger partial charge in [0.1, 0.15) is 11.4 Å². The lowest BCUT2D eigenvalue weighted by atomic mass is 10.1. The smallest absolute Gasteiger partial charge is 0.295 e. The molecule has 3 heterocycles. The molecule has 0 aliphatic carbocycles. The van der Waals surface area contributed by atoms with Crippen LogP contribution in [0.15, 0.2) is 115 Å². The lowest BCUT2D eigenvalue weighted by molar-refractivity contribution is -0.137. The molecule has 4 nitrogen and oxygen atoms in total. The molecule has 10 heteroatoms. The summed E-state index contributed by atoms with van der Waals surface area (Å²) in [4.78, 5) is 24.1. The van der Waals surface area contributed by atoms with Crippen LogP contribution < -0.4 is 0 Å². The number of benzene rings is 3. The summed E-state index contributed by atoms with van der Waals surface area (Å²) in [6, 6.07) is 32.5. The molecule has 0 aliphatic rings. The van der Waals surface area contributed by atoms with Gasteiger partial charge in [-0.2, -0.15) is 13.2 Å². The standard InChI is InChI=1S/C16H13NO.C15H10F3N.C14H10Cl3N/c1-12-5-3-8-16(17-12)10-9-14-6-4-7-15(11-14)13(2)18;1-11-4-2-7-14(19-11)9-8-12-5-3-6-13(10-12)15(16,17)18;1-9-3-2-4-12(18-9)6-5-10-7-11(15)8-13(16)14(10)17/h3-8,11H,1-2H3;2-7,10H,1H3;2-8H,1H3. The van der Waals surface area contributed by atoms with E-state index in [0.717, 1.165) is 51.7 Å². The Kier molecular flexibility index (Phi) is 15.4. The second-order valence-corrected chi connectivity index (χ2v) is 13.1. The molecule has 55 heavy (non-hydrogen) atoms. The van der Waals surface area contributed by atoms with Crippen molar-refractivity contribution in [1.82, 2.24) is 15.0 Å². The Balaban J connectivity index is 0.000000184. The van der Waals surface area contributed by atoms with Crippen molar-refractivity contribution in [2.75, 3.05) is 0 Å². The molecule has 6 aromatic rings. The number of pyridine rings is 3. The molecule has 0 atom stereocenters. The molecule has 0 fully saturated rings. The second-order valence-electron chi connectivity index (χ2n) is 11.9. The van der Waals surface area contributed by atoms with Crippen molar-refractivity contribution in [3.8, 4) is 23.7 Å². The lowest BCUT2D eigenvalue weighted by Crippen LogP contribution is -2.04. The van der Waals surface area contributed by atoms with Crippen molar-refractivity contribution in [3.63, 3.8) is 0 Å². The molecular weight excluding hydrogens is 762 g/mol. The lowest BCUT2D eigenvalue weighted by Gasteiger charge is -2.05. The Morgan fingerprint density at radius 3 is 1.69 bits per heavy atom. The van der Waals surface area contributed by atoms with Crippen LogP contribution in [0.1, 0.15) is 73.7 Å². The van der Waals surface area contributed by atoms with E-state index in [9.17, 15) is 18.0 Å². The molecule has 3 aromatic heterocycles. The van der Waals surface area contributed by atoms with Gasteiger partial charge in [0, 0.05) is 38.8 Å². The van der Waals surface area contributed by atoms with Crippen molar-refractivity contribution >= 4 is 52.7 Å². The van der Waals surface area contributed by atoms with E-state index in [1.807, 2.05) is 87.5 Å². The topological polar surface area (TPSA) is 55.7 Å². The second kappa shape index (κ2) is 20.1. The first kappa shape index (κ1) is 42.0. The number of alkyl halides is 3. The first-order chi connectivity index (χ1) is 26.2. The van der Waals surface area contributed by atoms with Crippen LogP contribution in [0.2, 0.25) is 15.1 Å². The van der Waals surface area contributed by atoms with Crippen LogP contribution in [0, 0.1) is 44.5 Å². The largest absolute Gasteiger partial charge is 0.416 e. The molecular formula is C45H33Cl3F3N3O. The monoisotopic (exact) mass is 793 g/mol. The van der Waals surface area contributed by atoms with Gasteiger partial charge >= 0.3 is 6.18 Å². The maximum atomic E-state index is 12.5. The number of hydrogen-bond donors (Lipinski definition) is 0. The summed E-state index contributed by atoms with van der Waals surface area (Å²) in [5.41, 5.74) is 6.77. The molecule has 3 aromatic carbocycles. The number of aromatic nitrogens is 3. The van der Waals surface area contributed by atoms with Crippen LogP contribution in [0.5, 0.6) is 0 Å². The van der Waals surface area contributed by atoms with Crippen molar-refractivity contribution < 1.29 is 18.0 Å². The fraction of sp³-hybridized carbons (Fsp3) is 0.111. The number of halogens is 6. The number of Topliss-reactive ketones (excluding diaryl/α,β-unsaturated/α-hetero) is 1. The van der Waals surface area contributed by atoms with Crippen LogP contribution in [0.4, 0.5) is 13.2 Å². The van der Waals surface area contributed by atoms with Gasteiger partial charge in [0.25, 0.3) is 0 Å². The quantitative estimate of drug-likeness (QED) is 0.102. The van der Waals surface area contributed by atoms with Crippen LogP contribution >= 0.6 is 34.8 Å².